The summed E-state index contributed by atoms with van der Waals surface area (Å²) in [6.45, 7) is 9.09. The summed E-state index contributed by atoms with van der Waals surface area (Å²) < 4.78 is 26.9. The maximum absolute atomic E-state index is 14.1. The average molecular weight is 603 g/mol. The van der Waals surface area contributed by atoms with Gasteiger partial charge < -0.3 is 29.7 Å². The van der Waals surface area contributed by atoms with E-state index in [4.69, 9.17) is 9.47 Å². The first-order valence-electron chi connectivity index (χ1n) is 14.8. The average Bonchev–Trinajstić information content (AvgIpc) is 3.39. The second-order valence-corrected chi connectivity index (χ2v) is 12.6. The molecule has 4 aromatic rings. The summed E-state index contributed by atoms with van der Waals surface area (Å²) in [6.07, 6.45) is 4.15. The van der Waals surface area contributed by atoms with E-state index in [0.29, 0.717) is 53.6 Å². The molecule has 232 valence electrons. The molecule has 1 saturated carbocycles. The Balaban J connectivity index is 1.34. The van der Waals surface area contributed by atoms with Crippen molar-refractivity contribution in [2.45, 2.75) is 78.0 Å². The molecule has 0 spiro atoms. The minimum atomic E-state index is -0.562. The second-order valence-electron chi connectivity index (χ2n) is 12.6. The van der Waals surface area contributed by atoms with Gasteiger partial charge in [0.2, 0.25) is 0 Å². The smallest absolute Gasteiger partial charge is 0.407 e. The lowest BCUT2D eigenvalue weighted by atomic mass is 9.91. The minimum absolute atomic E-state index is 0.00936. The Morgan fingerprint density at radius 2 is 1.64 bits per heavy atom. The van der Waals surface area contributed by atoms with E-state index in [1.54, 1.807) is 38.4 Å². The van der Waals surface area contributed by atoms with Crippen molar-refractivity contribution < 1.29 is 23.5 Å². The number of aromatic amines is 1. The van der Waals surface area contributed by atoms with Crippen LogP contribution < -0.4 is 20.9 Å². The third kappa shape index (κ3) is 7.12. The Labute approximate surface area is 255 Å². The van der Waals surface area contributed by atoms with E-state index in [0.717, 1.165) is 16.7 Å². The molecule has 0 radical (unpaired) electrons. The lowest BCUT2D eigenvalue weighted by molar-refractivity contribution is 0.0488. The van der Waals surface area contributed by atoms with E-state index < -0.39 is 11.7 Å². The number of aryl methyl sites for hydroxylation is 3. The molecule has 2 aromatic heterocycles. The highest BCUT2D eigenvalue weighted by molar-refractivity contribution is 6.02. The Morgan fingerprint density at radius 1 is 0.955 bits per heavy atom. The molecule has 3 N–H and O–H groups in total. The third-order valence-corrected chi connectivity index (χ3v) is 7.73. The zero-order valence-electron chi connectivity index (χ0n) is 26.0. The van der Waals surface area contributed by atoms with Crippen LogP contribution in [0.2, 0.25) is 0 Å². The highest BCUT2D eigenvalue weighted by Crippen LogP contribution is 2.33. The van der Waals surface area contributed by atoms with Crippen molar-refractivity contribution in [1.82, 2.24) is 20.2 Å². The van der Waals surface area contributed by atoms with Gasteiger partial charge in [-0.25, -0.2) is 9.18 Å². The number of pyridine rings is 1. The number of aromatic nitrogens is 2. The number of ether oxygens (including phenoxy) is 2. The van der Waals surface area contributed by atoms with Gasteiger partial charge in [-0.15, -0.1) is 0 Å². The number of benzene rings is 2. The quantitative estimate of drug-likeness (QED) is 0.229. The van der Waals surface area contributed by atoms with Crippen LogP contribution >= 0.6 is 0 Å². The molecule has 1 aliphatic carbocycles. The fraction of sp³-hybridized carbons (Fsp3) is 0.382. The van der Waals surface area contributed by atoms with E-state index in [1.807, 2.05) is 45.9 Å². The number of carbonyl (C=O) groups excluding carboxylic acids is 2. The summed E-state index contributed by atoms with van der Waals surface area (Å²) in [7, 11) is 1.66. The maximum Gasteiger partial charge on any atom is 0.407 e. The van der Waals surface area contributed by atoms with Gasteiger partial charge in [-0.05, 0) is 101 Å². The Bertz CT molecular complexity index is 1780. The van der Waals surface area contributed by atoms with Crippen LogP contribution in [0, 0.1) is 19.7 Å². The number of rotatable bonds is 6. The van der Waals surface area contributed by atoms with Crippen LogP contribution in [0.5, 0.6) is 11.5 Å². The first-order chi connectivity index (χ1) is 20.8. The van der Waals surface area contributed by atoms with E-state index in [-0.39, 0.29) is 35.1 Å². The fourth-order valence-electron chi connectivity index (χ4n) is 5.54. The Morgan fingerprint density at radius 3 is 2.30 bits per heavy atom. The molecule has 2 amide bonds. The molecule has 0 saturated heterocycles. The molecule has 0 aliphatic heterocycles. The predicted molar refractivity (Wildman–Crippen MR) is 168 cm³/mol. The lowest BCUT2D eigenvalue weighted by Crippen LogP contribution is -2.45. The van der Waals surface area contributed by atoms with Crippen LogP contribution in [0.4, 0.5) is 9.18 Å². The highest BCUT2D eigenvalue weighted by Gasteiger charge is 2.26. The first-order valence-corrected chi connectivity index (χ1v) is 14.8. The zero-order valence-corrected chi connectivity index (χ0v) is 26.0. The second kappa shape index (κ2) is 12.2. The number of nitrogens with zero attached hydrogens (tertiary/aromatic N) is 1. The summed E-state index contributed by atoms with van der Waals surface area (Å²) in [5.41, 5.74) is 2.78. The van der Waals surface area contributed by atoms with Gasteiger partial charge in [-0.1, -0.05) is 12.1 Å². The van der Waals surface area contributed by atoms with E-state index >= 15 is 0 Å². The molecule has 5 rings (SSSR count). The molecule has 0 atom stereocenters. The summed E-state index contributed by atoms with van der Waals surface area (Å²) in [5.74, 6) is 0.257. The van der Waals surface area contributed by atoms with Crippen molar-refractivity contribution in [1.29, 1.82) is 0 Å². The van der Waals surface area contributed by atoms with Gasteiger partial charge in [0, 0.05) is 42.3 Å². The van der Waals surface area contributed by atoms with Gasteiger partial charge in [0.05, 0.1) is 0 Å². The van der Waals surface area contributed by atoms with Crippen molar-refractivity contribution in [3.05, 3.63) is 81.7 Å². The number of amides is 2. The van der Waals surface area contributed by atoms with Crippen molar-refractivity contribution in [2.75, 3.05) is 0 Å². The number of alkyl carbamates (subject to hydrolysis) is 1. The summed E-state index contributed by atoms with van der Waals surface area (Å²) in [5, 5.41) is 6.61. The Kier molecular flexibility index (Phi) is 8.54. The molecule has 2 heterocycles. The summed E-state index contributed by atoms with van der Waals surface area (Å²) in [6, 6.07) is 12.0. The number of halogens is 1. The summed E-state index contributed by atoms with van der Waals surface area (Å²) in [4.78, 5) is 41.6. The molecule has 0 bridgehead atoms. The predicted octanol–water partition coefficient (Wildman–Crippen LogP) is 6.65. The number of hydrogen-bond donors (Lipinski definition) is 3. The van der Waals surface area contributed by atoms with Crippen LogP contribution in [0.15, 0.2) is 53.5 Å². The third-order valence-electron chi connectivity index (χ3n) is 7.73. The highest BCUT2D eigenvalue weighted by atomic mass is 19.1. The molecular formula is C34H39FN4O5. The standard InChI is InChI=1S/C34H39FN4O5/c1-19-13-21(15-25(14-19)43-24-12-7-20(2)28(35)16-24)27-18-39(6)32(41)30-26(27)17-29(38-30)31(40)36-22-8-10-23(11-9-22)37-33(42)44-34(3,4)5/h7,12-18,22-23,38H,8-11H2,1-6H3,(H,36,40)(H,37,42). The van der Waals surface area contributed by atoms with Crippen molar-refractivity contribution in [3.8, 4) is 22.6 Å². The van der Waals surface area contributed by atoms with Crippen molar-refractivity contribution in [2.24, 2.45) is 7.05 Å². The molecule has 44 heavy (non-hydrogen) atoms. The van der Waals surface area contributed by atoms with Gasteiger partial charge in [0.15, 0.2) is 0 Å². The first kappa shape index (κ1) is 30.8. The van der Waals surface area contributed by atoms with E-state index in [2.05, 4.69) is 15.6 Å². The van der Waals surface area contributed by atoms with Crippen LogP contribution in [0.1, 0.15) is 68.1 Å². The van der Waals surface area contributed by atoms with Gasteiger partial charge >= 0.3 is 6.09 Å². The largest absolute Gasteiger partial charge is 0.457 e. The molecule has 1 fully saturated rings. The number of fused-ring (bicyclic) bond motifs is 1. The van der Waals surface area contributed by atoms with Gasteiger partial charge in [0.25, 0.3) is 11.5 Å². The normalized spacial score (nSPS) is 16.9. The molecule has 2 aromatic carbocycles. The number of nitrogens with one attached hydrogen (secondary N) is 3. The van der Waals surface area contributed by atoms with Crippen LogP contribution in [-0.2, 0) is 11.8 Å². The molecule has 1 aliphatic rings. The monoisotopic (exact) mass is 602 g/mol. The van der Waals surface area contributed by atoms with E-state index in [1.165, 1.54) is 10.6 Å². The minimum Gasteiger partial charge on any atom is -0.457 e. The zero-order chi connectivity index (χ0) is 31.8. The van der Waals surface area contributed by atoms with Gasteiger partial charge in [-0.2, -0.15) is 0 Å². The number of carbonyl (C=O) groups is 2. The van der Waals surface area contributed by atoms with Crippen LogP contribution in [0.3, 0.4) is 0 Å². The molecule has 0 unspecified atom stereocenters. The Hall–Kier alpha value is -4.60. The number of H-pyrrole nitrogens is 1. The SMILES string of the molecule is Cc1cc(Oc2ccc(C)c(F)c2)cc(-c2cn(C)c(=O)c3[nH]c(C(=O)NC4CCC(NC(=O)OC(C)(C)C)CC4)cc23)c1. The van der Waals surface area contributed by atoms with Crippen molar-refractivity contribution in [3.63, 3.8) is 0 Å². The van der Waals surface area contributed by atoms with Gasteiger partial charge in [-0.3, -0.25) is 9.59 Å². The molecule has 10 heteroatoms. The fourth-order valence-corrected chi connectivity index (χ4v) is 5.54. The summed E-state index contributed by atoms with van der Waals surface area (Å²) >= 11 is 0. The van der Waals surface area contributed by atoms with E-state index in [9.17, 15) is 18.8 Å². The van der Waals surface area contributed by atoms with Crippen molar-refractivity contribution >= 4 is 22.9 Å². The van der Waals surface area contributed by atoms with Crippen LogP contribution in [-0.4, -0.2) is 39.2 Å². The van der Waals surface area contributed by atoms with Gasteiger partial charge in [0.1, 0.15) is 34.1 Å². The number of hydrogen-bond acceptors (Lipinski definition) is 5. The topological polar surface area (TPSA) is 114 Å². The maximum atomic E-state index is 14.1. The molecule has 9 nitrogen and oxygen atoms in total. The lowest BCUT2D eigenvalue weighted by Gasteiger charge is -2.30. The van der Waals surface area contributed by atoms with Crippen LogP contribution in [0.25, 0.3) is 22.0 Å². The molecular weight excluding hydrogens is 563 g/mol.